The molecule has 0 amide bonds. The van der Waals surface area contributed by atoms with Gasteiger partial charge in [-0.3, -0.25) is 0 Å². The summed E-state index contributed by atoms with van der Waals surface area (Å²) in [7, 11) is 0. The summed E-state index contributed by atoms with van der Waals surface area (Å²) in [6.45, 7) is 14.8. The molecule has 2 aromatic rings. The van der Waals surface area contributed by atoms with Crippen molar-refractivity contribution in [3.8, 4) is 11.5 Å². The van der Waals surface area contributed by atoms with Crippen LogP contribution < -0.4 is 9.47 Å². The van der Waals surface area contributed by atoms with E-state index in [1.54, 1.807) is 0 Å². The van der Waals surface area contributed by atoms with Crippen molar-refractivity contribution < 1.29 is 9.47 Å². The third-order valence-electron chi connectivity index (χ3n) is 7.14. The topological polar surface area (TPSA) is 18.5 Å². The van der Waals surface area contributed by atoms with Crippen molar-refractivity contribution in [1.82, 2.24) is 0 Å². The van der Waals surface area contributed by atoms with Crippen molar-refractivity contribution in [2.24, 2.45) is 0 Å². The van der Waals surface area contributed by atoms with Crippen LogP contribution in [-0.4, -0.2) is 13.2 Å². The minimum Gasteiger partial charge on any atom is -0.493 e. The van der Waals surface area contributed by atoms with E-state index in [2.05, 4.69) is 78.0 Å². The van der Waals surface area contributed by atoms with Gasteiger partial charge in [-0.2, -0.15) is 0 Å². The van der Waals surface area contributed by atoms with Crippen molar-refractivity contribution in [1.29, 1.82) is 0 Å². The lowest BCUT2D eigenvalue weighted by Gasteiger charge is -2.14. The first kappa shape index (κ1) is 30.0. The van der Waals surface area contributed by atoms with Crippen LogP contribution in [0.25, 0.3) is 12.2 Å². The predicted molar refractivity (Wildman–Crippen MR) is 159 cm³/mol. The van der Waals surface area contributed by atoms with Crippen LogP contribution in [0, 0.1) is 27.7 Å². The molecule has 0 atom stereocenters. The van der Waals surface area contributed by atoms with Gasteiger partial charge in [0.15, 0.2) is 0 Å². The molecule has 0 N–H and O–H groups in total. The summed E-state index contributed by atoms with van der Waals surface area (Å²) >= 11 is 0. The van der Waals surface area contributed by atoms with E-state index in [9.17, 15) is 0 Å². The third-order valence-corrected chi connectivity index (χ3v) is 7.14. The van der Waals surface area contributed by atoms with Gasteiger partial charge in [-0.15, -0.1) is 0 Å². The van der Waals surface area contributed by atoms with Crippen molar-refractivity contribution in [2.45, 2.75) is 119 Å². The molecule has 0 saturated heterocycles. The maximum Gasteiger partial charge on any atom is 0.126 e. The summed E-state index contributed by atoms with van der Waals surface area (Å²) in [5, 5.41) is 0. The second-order valence-corrected chi connectivity index (χ2v) is 10.5. The predicted octanol–water partition coefficient (Wildman–Crippen LogP) is 10.6. The van der Waals surface area contributed by atoms with Gasteiger partial charge in [-0.25, -0.2) is 0 Å². The Bertz CT molecular complexity index is 925. The lowest BCUT2D eigenvalue weighted by Crippen LogP contribution is -2.00. The lowest BCUT2D eigenvalue weighted by molar-refractivity contribution is 0.302. The van der Waals surface area contributed by atoms with E-state index in [1.807, 2.05) is 0 Å². The van der Waals surface area contributed by atoms with Crippen LogP contribution >= 0.6 is 0 Å². The SMILES string of the molecule is CCCCCCCCOc1cc(/C=C/c2cc(C)c(C)cc2OCCCCCCCC)c(C)cc1C. The van der Waals surface area contributed by atoms with Crippen LogP contribution in [0.1, 0.15) is 124 Å². The van der Waals surface area contributed by atoms with Gasteiger partial charge in [0.1, 0.15) is 11.5 Å². The molecule has 0 aromatic heterocycles. The van der Waals surface area contributed by atoms with Gasteiger partial charge >= 0.3 is 0 Å². The lowest BCUT2D eigenvalue weighted by atomic mass is 10.0. The number of hydrogen-bond acceptors (Lipinski definition) is 2. The molecule has 0 heterocycles. The summed E-state index contributed by atoms with van der Waals surface area (Å²) in [6, 6.07) is 8.90. The molecule has 2 aromatic carbocycles. The van der Waals surface area contributed by atoms with E-state index in [0.717, 1.165) is 43.1 Å². The van der Waals surface area contributed by atoms with Gasteiger partial charge in [0.05, 0.1) is 13.2 Å². The number of benzene rings is 2. The van der Waals surface area contributed by atoms with E-state index >= 15 is 0 Å². The number of hydrogen-bond donors (Lipinski definition) is 0. The highest BCUT2D eigenvalue weighted by atomic mass is 16.5. The zero-order valence-electron chi connectivity index (χ0n) is 24.2. The largest absolute Gasteiger partial charge is 0.493 e. The van der Waals surface area contributed by atoms with Gasteiger partial charge in [0, 0.05) is 5.56 Å². The Labute approximate surface area is 222 Å². The smallest absolute Gasteiger partial charge is 0.126 e. The normalized spacial score (nSPS) is 11.4. The van der Waals surface area contributed by atoms with Crippen LogP contribution in [0.2, 0.25) is 0 Å². The Morgan fingerprint density at radius 3 is 1.58 bits per heavy atom. The zero-order chi connectivity index (χ0) is 26.2. The Morgan fingerprint density at radius 2 is 0.972 bits per heavy atom. The zero-order valence-corrected chi connectivity index (χ0v) is 24.2. The van der Waals surface area contributed by atoms with Crippen LogP contribution in [0.5, 0.6) is 11.5 Å². The quantitative estimate of drug-likeness (QED) is 0.152. The van der Waals surface area contributed by atoms with Crippen LogP contribution in [0.15, 0.2) is 24.3 Å². The van der Waals surface area contributed by atoms with Gasteiger partial charge in [0.25, 0.3) is 0 Å². The molecule has 0 fully saturated rings. The Hall–Kier alpha value is -2.22. The highest BCUT2D eigenvalue weighted by Gasteiger charge is 2.07. The maximum absolute atomic E-state index is 6.27. The van der Waals surface area contributed by atoms with Crippen LogP contribution in [0.4, 0.5) is 0 Å². The fourth-order valence-corrected chi connectivity index (χ4v) is 4.56. The standard InChI is InChI=1S/C34H52O2/c1-7-9-11-13-15-17-21-35-33-26-31(29(5)23-30(33)6)19-20-32-24-27(3)28(4)25-34(32)36-22-18-16-14-12-10-8-2/h19-20,23-26H,7-18,21-22H2,1-6H3/b20-19+. The summed E-state index contributed by atoms with van der Waals surface area (Å²) in [4.78, 5) is 0. The second kappa shape index (κ2) is 17.3. The molecule has 2 nitrogen and oxygen atoms in total. The number of rotatable bonds is 18. The molecule has 0 unspecified atom stereocenters. The number of unbranched alkanes of at least 4 members (excludes halogenated alkanes) is 10. The number of aryl methyl sites for hydroxylation is 4. The Balaban J connectivity index is 2.02. The minimum atomic E-state index is 0.787. The average Bonchev–Trinajstić information content (AvgIpc) is 2.85. The van der Waals surface area contributed by atoms with Gasteiger partial charge in [-0.1, -0.05) is 96.3 Å². The first-order chi connectivity index (χ1) is 17.5. The van der Waals surface area contributed by atoms with Gasteiger partial charge in [0.2, 0.25) is 0 Å². The summed E-state index contributed by atoms with van der Waals surface area (Å²) in [5.74, 6) is 2.00. The van der Waals surface area contributed by atoms with Crippen LogP contribution in [0.3, 0.4) is 0 Å². The Kier molecular flexibility index (Phi) is 14.4. The molecule has 36 heavy (non-hydrogen) atoms. The Morgan fingerprint density at radius 1 is 0.472 bits per heavy atom. The maximum atomic E-state index is 6.27. The highest BCUT2D eigenvalue weighted by Crippen LogP contribution is 2.28. The third kappa shape index (κ3) is 10.8. The van der Waals surface area contributed by atoms with E-state index in [0.29, 0.717) is 0 Å². The van der Waals surface area contributed by atoms with Crippen molar-refractivity contribution >= 4 is 12.2 Å². The average molecular weight is 493 g/mol. The van der Waals surface area contributed by atoms with Crippen LogP contribution in [-0.2, 0) is 0 Å². The minimum absolute atomic E-state index is 0.787. The molecule has 2 heteroatoms. The molecule has 200 valence electrons. The second-order valence-electron chi connectivity index (χ2n) is 10.5. The molecular weight excluding hydrogens is 440 g/mol. The molecule has 0 spiro atoms. The molecule has 0 aliphatic heterocycles. The van der Waals surface area contributed by atoms with Crippen molar-refractivity contribution in [3.63, 3.8) is 0 Å². The molecule has 0 aliphatic carbocycles. The summed E-state index contributed by atoms with van der Waals surface area (Å²) in [6.07, 6.45) is 19.8. The summed E-state index contributed by atoms with van der Waals surface area (Å²) < 4.78 is 12.5. The van der Waals surface area contributed by atoms with E-state index < -0.39 is 0 Å². The molecule has 2 rings (SSSR count). The van der Waals surface area contributed by atoms with Gasteiger partial charge < -0.3 is 9.47 Å². The number of ether oxygens (including phenoxy) is 2. The van der Waals surface area contributed by atoms with E-state index in [-0.39, 0.29) is 0 Å². The fourth-order valence-electron chi connectivity index (χ4n) is 4.56. The molecule has 0 radical (unpaired) electrons. The van der Waals surface area contributed by atoms with Gasteiger partial charge in [-0.05, 0) is 86.6 Å². The highest BCUT2D eigenvalue weighted by molar-refractivity contribution is 5.75. The summed E-state index contributed by atoms with van der Waals surface area (Å²) in [5.41, 5.74) is 7.42. The molecule has 0 bridgehead atoms. The molecule has 0 aliphatic rings. The van der Waals surface area contributed by atoms with Crippen molar-refractivity contribution in [3.05, 3.63) is 57.6 Å². The molecule has 0 saturated carbocycles. The van der Waals surface area contributed by atoms with E-state index in [4.69, 9.17) is 9.47 Å². The first-order valence-corrected chi connectivity index (χ1v) is 14.6. The monoisotopic (exact) mass is 492 g/mol. The first-order valence-electron chi connectivity index (χ1n) is 14.6. The van der Waals surface area contributed by atoms with E-state index in [1.165, 1.54) is 92.0 Å². The fraction of sp³-hybridized carbons (Fsp3) is 0.588. The van der Waals surface area contributed by atoms with Crippen molar-refractivity contribution in [2.75, 3.05) is 13.2 Å². The molecular formula is C34H52O2.